The molecular weight excluding hydrogens is 709 g/mol. The number of hydrogen-bond donors (Lipinski definition) is 0. The topological polar surface area (TPSA) is 70.6 Å². The van der Waals surface area contributed by atoms with Crippen LogP contribution in [-0.2, 0) is 5.41 Å². The van der Waals surface area contributed by atoms with E-state index in [4.69, 9.17) is 4.42 Å². The van der Waals surface area contributed by atoms with E-state index in [1.165, 1.54) is 33.0 Å². The molecular formula is C53H32N4O. The highest BCUT2D eigenvalue weighted by atomic mass is 16.3. The molecule has 5 heteroatoms. The summed E-state index contributed by atoms with van der Waals surface area (Å²) in [5.74, 6) is 0. The van der Waals surface area contributed by atoms with Gasteiger partial charge in [0.2, 0.25) is 0 Å². The Labute approximate surface area is 333 Å². The summed E-state index contributed by atoms with van der Waals surface area (Å²) in [4.78, 5) is 0. The summed E-state index contributed by atoms with van der Waals surface area (Å²) in [6, 6.07) is 59.5. The van der Waals surface area contributed by atoms with Crippen LogP contribution in [-0.4, -0.2) is 9.13 Å². The Morgan fingerprint density at radius 1 is 0.483 bits per heavy atom. The van der Waals surface area contributed by atoms with E-state index in [1.54, 1.807) is 0 Å². The summed E-state index contributed by atoms with van der Waals surface area (Å²) in [6.45, 7) is 4.66. The van der Waals surface area contributed by atoms with E-state index in [2.05, 4.69) is 132 Å². The van der Waals surface area contributed by atoms with Crippen LogP contribution >= 0.6 is 0 Å². The molecule has 58 heavy (non-hydrogen) atoms. The summed E-state index contributed by atoms with van der Waals surface area (Å²) >= 11 is 0. The van der Waals surface area contributed by atoms with Gasteiger partial charge in [0.05, 0.1) is 45.0 Å². The highest BCUT2D eigenvalue weighted by Gasteiger charge is 2.38. The smallest absolute Gasteiger partial charge is 0.136 e. The van der Waals surface area contributed by atoms with Crippen LogP contribution in [0.2, 0.25) is 0 Å². The third-order valence-corrected chi connectivity index (χ3v) is 12.6. The maximum absolute atomic E-state index is 10.8. The van der Waals surface area contributed by atoms with Crippen molar-refractivity contribution in [1.82, 2.24) is 9.13 Å². The fourth-order valence-electron chi connectivity index (χ4n) is 10.1. The van der Waals surface area contributed by atoms with Crippen LogP contribution in [0.25, 0.3) is 99.2 Å². The van der Waals surface area contributed by atoms with Gasteiger partial charge in [-0.25, -0.2) is 0 Å². The van der Waals surface area contributed by atoms with E-state index in [-0.39, 0.29) is 5.41 Å². The first kappa shape index (κ1) is 32.4. The maximum atomic E-state index is 10.8. The molecule has 3 heterocycles. The lowest BCUT2D eigenvalue weighted by Crippen LogP contribution is -2.15. The minimum Gasteiger partial charge on any atom is -0.456 e. The number of para-hydroxylation sites is 3. The summed E-state index contributed by atoms with van der Waals surface area (Å²) in [6.07, 6.45) is 0. The normalized spacial score (nSPS) is 13.1. The van der Waals surface area contributed by atoms with E-state index in [0.29, 0.717) is 11.1 Å². The number of nitrogens with zero attached hydrogens (tertiary/aromatic N) is 4. The second-order valence-electron chi connectivity index (χ2n) is 15.9. The Bertz CT molecular complexity index is 3690. The Morgan fingerprint density at radius 3 is 1.97 bits per heavy atom. The average Bonchev–Trinajstić information content (AvgIpc) is 3.98. The third-order valence-electron chi connectivity index (χ3n) is 12.6. The first-order valence-corrected chi connectivity index (χ1v) is 19.6. The minimum atomic E-state index is -0.180. The van der Waals surface area contributed by atoms with Crippen molar-refractivity contribution in [3.8, 4) is 45.8 Å². The summed E-state index contributed by atoms with van der Waals surface area (Å²) < 4.78 is 10.8. The molecule has 0 amide bonds. The van der Waals surface area contributed by atoms with Crippen molar-refractivity contribution in [3.63, 3.8) is 0 Å². The van der Waals surface area contributed by atoms with Gasteiger partial charge in [-0.05, 0) is 94.5 Å². The summed E-state index contributed by atoms with van der Waals surface area (Å²) in [7, 11) is 0. The number of hydrogen-bond acceptors (Lipinski definition) is 3. The van der Waals surface area contributed by atoms with Crippen LogP contribution in [0.4, 0.5) is 0 Å². The molecule has 0 aliphatic heterocycles. The number of aromatic nitrogens is 2. The summed E-state index contributed by atoms with van der Waals surface area (Å²) in [5.41, 5.74) is 15.4. The van der Waals surface area contributed by atoms with Gasteiger partial charge in [0.1, 0.15) is 17.2 Å². The van der Waals surface area contributed by atoms with E-state index in [1.807, 2.05) is 60.7 Å². The molecule has 3 aromatic heterocycles. The van der Waals surface area contributed by atoms with Crippen molar-refractivity contribution in [3.05, 3.63) is 180 Å². The first-order valence-electron chi connectivity index (χ1n) is 19.6. The van der Waals surface area contributed by atoms with Crippen LogP contribution in [0.15, 0.2) is 162 Å². The largest absolute Gasteiger partial charge is 0.456 e. The minimum absolute atomic E-state index is 0.180. The predicted molar refractivity (Wildman–Crippen MR) is 235 cm³/mol. The Hall–Kier alpha value is -7.86. The highest BCUT2D eigenvalue weighted by molar-refractivity contribution is 6.27. The van der Waals surface area contributed by atoms with Crippen LogP contribution in [0.1, 0.15) is 36.1 Å². The Balaban J connectivity index is 1.06. The zero-order valence-corrected chi connectivity index (χ0v) is 31.7. The van der Waals surface area contributed by atoms with Crippen LogP contribution in [0.3, 0.4) is 0 Å². The second kappa shape index (κ2) is 11.6. The van der Waals surface area contributed by atoms with E-state index in [0.717, 1.165) is 77.3 Å². The third kappa shape index (κ3) is 4.17. The van der Waals surface area contributed by atoms with Gasteiger partial charge in [0.25, 0.3) is 0 Å². The molecule has 0 bridgehead atoms. The first-order chi connectivity index (χ1) is 28.5. The lowest BCUT2D eigenvalue weighted by Gasteiger charge is -2.22. The zero-order valence-electron chi connectivity index (χ0n) is 31.7. The molecule has 0 fully saturated rings. The molecule has 0 radical (unpaired) electrons. The van der Waals surface area contributed by atoms with Crippen molar-refractivity contribution < 1.29 is 4.42 Å². The maximum Gasteiger partial charge on any atom is 0.136 e. The van der Waals surface area contributed by atoms with Gasteiger partial charge in [-0.3, -0.25) is 0 Å². The lowest BCUT2D eigenvalue weighted by atomic mass is 9.80. The van der Waals surface area contributed by atoms with Gasteiger partial charge in [-0.15, -0.1) is 0 Å². The predicted octanol–water partition coefficient (Wildman–Crippen LogP) is 13.5. The molecule has 0 unspecified atom stereocenters. The molecule has 0 N–H and O–H groups in total. The monoisotopic (exact) mass is 740 g/mol. The van der Waals surface area contributed by atoms with Crippen molar-refractivity contribution in [2.75, 3.05) is 0 Å². The average molecular weight is 741 g/mol. The highest BCUT2D eigenvalue weighted by Crippen LogP contribution is 2.53. The molecule has 0 saturated carbocycles. The van der Waals surface area contributed by atoms with E-state index < -0.39 is 0 Å². The fourth-order valence-corrected chi connectivity index (χ4v) is 10.1. The summed E-state index contributed by atoms with van der Waals surface area (Å²) in [5, 5.41) is 28.1. The van der Waals surface area contributed by atoms with Crippen molar-refractivity contribution in [1.29, 1.82) is 10.5 Å². The number of nitriles is 2. The number of rotatable bonds is 3. The van der Waals surface area contributed by atoms with Crippen molar-refractivity contribution in [2.45, 2.75) is 19.3 Å². The molecule has 1 aliphatic carbocycles. The molecule has 0 saturated heterocycles. The van der Waals surface area contributed by atoms with Gasteiger partial charge in [-0.2, -0.15) is 10.5 Å². The Kier molecular flexibility index (Phi) is 6.47. The zero-order chi connectivity index (χ0) is 38.9. The Morgan fingerprint density at radius 2 is 1.16 bits per heavy atom. The van der Waals surface area contributed by atoms with E-state index in [9.17, 15) is 10.5 Å². The van der Waals surface area contributed by atoms with Gasteiger partial charge in [-0.1, -0.05) is 105 Å². The molecule has 5 nitrogen and oxygen atoms in total. The van der Waals surface area contributed by atoms with Gasteiger partial charge < -0.3 is 13.6 Å². The fraction of sp³-hybridized carbons (Fsp3) is 0.0566. The molecule has 12 rings (SSSR count). The molecule has 11 aromatic rings. The van der Waals surface area contributed by atoms with Crippen molar-refractivity contribution in [2.24, 2.45) is 0 Å². The molecule has 270 valence electrons. The second-order valence-corrected chi connectivity index (χ2v) is 15.9. The van der Waals surface area contributed by atoms with Crippen LogP contribution in [0.5, 0.6) is 0 Å². The van der Waals surface area contributed by atoms with Crippen molar-refractivity contribution >= 4 is 65.6 Å². The SMILES string of the molecule is CC1(C)c2ccccc2-c2ccc3c(c21)c1ccccc1n3-c1ccc(C#N)c(-c2ccc(-n3c4ccccc4c4c5c(ccc43)oc3ccccc35)c(C#N)c2)c1. The number of fused-ring (bicyclic) bond motifs is 14. The molecule has 8 aromatic carbocycles. The number of furan rings is 1. The standard InChI is InChI=1S/C53H32N4O/c1-53(2)41-15-7-3-11-35(41)36-22-24-46-50(52(36)53)38-13-5-8-16-43(38)56(46)34-21-19-32(29-54)40(28-34)31-20-23-42(33(27-31)30-55)57-44-17-9-4-12-37(44)49-45(57)25-26-48-51(49)39-14-6-10-18-47(39)58-48/h3-28H,1-2H3. The van der Waals surface area contributed by atoms with E-state index >= 15 is 0 Å². The molecule has 1 aliphatic rings. The number of benzene rings is 8. The van der Waals surface area contributed by atoms with Crippen LogP contribution in [0, 0.1) is 22.7 Å². The van der Waals surface area contributed by atoms with Gasteiger partial charge in [0, 0.05) is 49.0 Å². The van der Waals surface area contributed by atoms with Gasteiger partial charge in [0.15, 0.2) is 0 Å². The van der Waals surface area contributed by atoms with Gasteiger partial charge >= 0.3 is 0 Å². The molecule has 0 atom stereocenters. The quantitative estimate of drug-likeness (QED) is 0.181. The lowest BCUT2D eigenvalue weighted by molar-refractivity contribution is 0.666. The molecule has 0 spiro atoms. The van der Waals surface area contributed by atoms with Crippen LogP contribution < -0.4 is 0 Å².